The lowest BCUT2D eigenvalue weighted by Crippen LogP contribution is -2.62. The van der Waals surface area contributed by atoms with E-state index in [4.69, 9.17) is 4.74 Å². The number of anilines is 1. The number of nitrogens with zero attached hydrogens (tertiary/aromatic N) is 5. The number of amides is 1. The van der Waals surface area contributed by atoms with Gasteiger partial charge in [0.2, 0.25) is 0 Å². The van der Waals surface area contributed by atoms with E-state index in [0.29, 0.717) is 25.2 Å². The van der Waals surface area contributed by atoms with Crippen LogP contribution in [0.1, 0.15) is 6.42 Å². The Bertz CT molecular complexity index is 1140. The van der Waals surface area contributed by atoms with Crippen LogP contribution >= 0.6 is 0 Å². The first kappa shape index (κ1) is 20.5. The summed E-state index contributed by atoms with van der Waals surface area (Å²) in [5.74, 6) is 0.798. The molecule has 8 heteroatoms. The molecule has 3 aliphatic rings. The number of piperazine rings is 1. The zero-order valence-corrected chi connectivity index (χ0v) is 18.9. The second-order valence-electron chi connectivity index (χ2n) is 9.42. The quantitative estimate of drug-likeness (QED) is 0.586. The lowest BCUT2D eigenvalue weighted by atomic mass is 10.1. The molecule has 0 spiro atoms. The van der Waals surface area contributed by atoms with Crippen LogP contribution in [0.2, 0.25) is 0 Å². The van der Waals surface area contributed by atoms with E-state index in [2.05, 4.69) is 38.1 Å². The van der Waals surface area contributed by atoms with Gasteiger partial charge in [-0.2, -0.15) is 0 Å². The van der Waals surface area contributed by atoms with Crippen molar-refractivity contribution in [3.8, 4) is 5.75 Å². The van der Waals surface area contributed by atoms with Crippen molar-refractivity contribution in [2.45, 2.75) is 24.5 Å². The molecule has 1 aromatic heterocycles. The summed E-state index contributed by atoms with van der Waals surface area (Å²) in [6, 6.07) is 17.5. The molecule has 2 bridgehead atoms. The third-order valence-electron chi connectivity index (χ3n) is 7.27. The number of aromatic nitrogens is 2. The number of fused-ring (bicyclic) bond motifs is 3. The first-order valence-electron chi connectivity index (χ1n) is 11.8. The minimum atomic E-state index is -0.186. The fraction of sp³-hybridized carbons (Fsp3) is 0.440. The van der Waals surface area contributed by atoms with Crippen molar-refractivity contribution in [1.29, 1.82) is 0 Å². The molecule has 2 aromatic carbocycles. The summed E-state index contributed by atoms with van der Waals surface area (Å²) in [6.07, 6.45) is 2.85. The Kier molecular flexibility index (Phi) is 5.19. The first-order valence-corrected chi connectivity index (χ1v) is 11.8. The normalized spacial score (nSPS) is 23.2. The van der Waals surface area contributed by atoms with Gasteiger partial charge in [-0.15, -0.1) is 0 Å². The van der Waals surface area contributed by atoms with Gasteiger partial charge in [-0.1, -0.05) is 24.3 Å². The molecule has 172 valence electrons. The molecule has 1 N–H and O–H groups in total. The van der Waals surface area contributed by atoms with Crippen molar-refractivity contribution in [3.63, 3.8) is 0 Å². The van der Waals surface area contributed by atoms with Crippen LogP contribution in [0, 0.1) is 0 Å². The standard InChI is InChI=1S/C25H30N6O2/c1-28-13-20(14-28)29-15-19-12-18(29)16-30(19)22-8-5-9-23-24(22)27-17-31(23)25(32)26-10-11-33-21-6-3-2-4-7-21/h2-9,17-20H,10-16H2,1H3,(H,26,32). The number of benzene rings is 2. The van der Waals surface area contributed by atoms with Crippen LogP contribution < -0.4 is 15.0 Å². The number of hydrogen-bond acceptors (Lipinski definition) is 6. The second kappa shape index (κ2) is 8.35. The molecular weight excluding hydrogens is 416 g/mol. The maximum absolute atomic E-state index is 12.8. The average molecular weight is 447 g/mol. The lowest BCUT2D eigenvalue weighted by molar-refractivity contribution is 0.0400. The number of para-hydroxylation sites is 2. The summed E-state index contributed by atoms with van der Waals surface area (Å²) in [5.41, 5.74) is 2.88. The van der Waals surface area contributed by atoms with Crippen LogP contribution in [0.3, 0.4) is 0 Å². The SMILES string of the molecule is CN1CC(N2CC3CC2CN3c2cccc3c2ncn3C(=O)NCCOc2ccccc2)C1. The van der Waals surface area contributed by atoms with Gasteiger partial charge in [-0.25, -0.2) is 9.78 Å². The third kappa shape index (κ3) is 3.73. The van der Waals surface area contributed by atoms with Crippen LogP contribution in [-0.4, -0.2) is 89.9 Å². The summed E-state index contributed by atoms with van der Waals surface area (Å²) >= 11 is 0. The van der Waals surface area contributed by atoms with E-state index >= 15 is 0 Å². The molecule has 2 atom stereocenters. The molecule has 3 aliphatic heterocycles. The van der Waals surface area contributed by atoms with Crippen molar-refractivity contribution in [2.75, 3.05) is 51.3 Å². The number of imidazole rings is 1. The third-order valence-corrected chi connectivity index (χ3v) is 7.27. The molecule has 0 radical (unpaired) electrons. The van der Waals surface area contributed by atoms with Gasteiger partial charge >= 0.3 is 6.03 Å². The van der Waals surface area contributed by atoms with Gasteiger partial charge in [0.1, 0.15) is 24.2 Å². The summed E-state index contributed by atoms with van der Waals surface area (Å²) in [4.78, 5) is 25.1. The number of rotatable bonds is 6. The van der Waals surface area contributed by atoms with Crippen molar-refractivity contribution >= 4 is 22.8 Å². The van der Waals surface area contributed by atoms with Gasteiger partial charge in [0.05, 0.1) is 17.7 Å². The van der Waals surface area contributed by atoms with Crippen LogP contribution in [0.5, 0.6) is 5.75 Å². The zero-order valence-electron chi connectivity index (χ0n) is 18.9. The maximum Gasteiger partial charge on any atom is 0.327 e. The summed E-state index contributed by atoms with van der Waals surface area (Å²) in [5, 5.41) is 2.93. The first-order chi connectivity index (χ1) is 16.2. The van der Waals surface area contributed by atoms with Crippen molar-refractivity contribution in [3.05, 3.63) is 54.9 Å². The number of carbonyl (C=O) groups excluding carboxylic acids is 1. The van der Waals surface area contributed by atoms with Crippen LogP contribution in [0.25, 0.3) is 11.0 Å². The van der Waals surface area contributed by atoms with Crippen LogP contribution in [0.4, 0.5) is 10.5 Å². The fourth-order valence-electron chi connectivity index (χ4n) is 5.66. The maximum atomic E-state index is 12.8. The predicted molar refractivity (Wildman–Crippen MR) is 128 cm³/mol. The Morgan fingerprint density at radius 3 is 2.64 bits per heavy atom. The molecule has 3 aromatic rings. The average Bonchev–Trinajstić information content (AvgIpc) is 3.54. The molecule has 0 aliphatic carbocycles. The van der Waals surface area contributed by atoms with E-state index in [-0.39, 0.29) is 6.03 Å². The predicted octanol–water partition coefficient (Wildman–Crippen LogP) is 2.25. The van der Waals surface area contributed by atoms with Gasteiger partial charge in [-0.3, -0.25) is 9.47 Å². The minimum Gasteiger partial charge on any atom is -0.492 e. The molecule has 8 nitrogen and oxygen atoms in total. The zero-order chi connectivity index (χ0) is 22.4. The number of ether oxygens (including phenoxy) is 1. The minimum absolute atomic E-state index is 0.186. The second-order valence-corrected chi connectivity index (χ2v) is 9.42. The van der Waals surface area contributed by atoms with E-state index in [9.17, 15) is 4.79 Å². The summed E-state index contributed by atoms with van der Waals surface area (Å²) in [7, 11) is 2.20. The van der Waals surface area contributed by atoms with Gasteiger partial charge < -0.3 is 19.9 Å². The van der Waals surface area contributed by atoms with E-state index in [1.165, 1.54) is 19.5 Å². The Hall–Kier alpha value is -3.10. The Balaban J connectivity index is 1.11. The van der Waals surface area contributed by atoms with E-state index < -0.39 is 0 Å². The molecule has 1 amide bonds. The molecule has 3 saturated heterocycles. The van der Waals surface area contributed by atoms with E-state index in [1.807, 2.05) is 42.5 Å². The van der Waals surface area contributed by atoms with E-state index in [0.717, 1.165) is 41.6 Å². The number of hydrogen-bond donors (Lipinski definition) is 1. The topological polar surface area (TPSA) is 65.9 Å². The lowest BCUT2D eigenvalue weighted by Gasteiger charge is -2.47. The fourth-order valence-corrected chi connectivity index (χ4v) is 5.66. The van der Waals surface area contributed by atoms with Gasteiger partial charge in [0, 0.05) is 44.3 Å². The largest absolute Gasteiger partial charge is 0.492 e. The van der Waals surface area contributed by atoms with Crippen molar-refractivity contribution in [1.82, 2.24) is 24.7 Å². The van der Waals surface area contributed by atoms with Crippen LogP contribution in [-0.2, 0) is 0 Å². The molecule has 0 saturated carbocycles. The van der Waals surface area contributed by atoms with Gasteiger partial charge in [0.25, 0.3) is 0 Å². The molecule has 2 unspecified atom stereocenters. The smallest absolute Gasteiger partial charge is 0.327 e. The number of likely N-dealkylation sites (tertiary alicyclic amines) is 2. The Morgan fingerprint density at radius 1 is 1.03 bits per heavy atom. The highest BCUT2D eigenvalue weighted by Crippen LogP contribution is 2.39. The molecule has 6 rings (SSSR count). The van der Waals surface area contributed by atoms with Gasteiger partial charge in [0.15, 0.2) is 0 Å². The number of carbonyl (C=O) groups is 1. The molecular formula is C25H30N6O2. The van der Waals surface area contributed by atoms with Crippen LogP contribution in [0.15, 0.2) is 54.9 Å². The summed E-state index contributed by atoms with van der Waals surface area (Å²) in [6.45, 7) is 5.39. The van der Waals surface area contributed by atoms with Crippen molar-refractivity contribution < 1.29 is 9.53 Å². The Morgan fingerprint density at radius 2 is 1.88 bits per heavy atom. The number of nitrogens with one attached hydrogen (secondary N) is 1. The number of likely N-dealkylation sites (N-methyl/N-ethyl adjacent to an activating group) is 1. The highest BCUT2D eigenvalue weighted by Gasteiger charge is 2.48. The highest BCUT2D eigenvalue weighted by molar-refractivity contribution is 5.95. The van der Waals surface area contributed by atoms with E-state index in [1.54, 1.807) is 10.9 Å². The van der Waals surface area contributed by atoms with Gasteiger partial charge in [-0.05, 0) is 37.7 Å². The summed E-state index contributed by atoms with van der Waals surface area (Å²) < 4.78 is 7.27. The van der Waals surface area contributed by atoms with Crippen molar-refractivity contribution in [2.24, 2.45) is 0 Å². The molecule has 4 heterocycles. The Labute approximate surface area is 193 Å². The monoisotopic (exact) mass is 446 g/mol. The molecule has 33 heavy (non-hydrogen) atoms. The highest BCUT2D eigenvalue weighted by atomic mass is 16.5. The molecule has 3 fully saturated rings.